The third kappa shape index (κ3) is 5.99. The molecule has 0 radical (unpaired) electrons. The highest BCUT2D eigenvalue weighted by Crippen LogP contribution is 2.41. The summed E-state index contributed by atoms with van der Waals surface area (Å²) in [6.45, 7) is -0.188. The van der Waals surface area contributed by atoms with E-state index in [-0.39, 0.29) is 52.1 Å². The van der Waals surface area contributed by atoms with Gasteiger partial charge in [-0.15, -0.1) is 23.1 Å². The van der Waals surface area contributed by atoms with Crippen molar-refractivity contribution in [2.75, 3.05) is 18.2 Å². The molecule has 0 bridgehead atoms. The number of nitro benzene ring substituents is 1. The summed E-state index contributed by atoms with van der Waals surface area (Å²) in [4.78, 5) is 71.3. The Labute approximate surface area is 240 Å². The number of rotatable bonds is 12. The van der Waals surface area contributed by atoms with Gasteiger partial charge in [-0.1, -0.05) is 5.16 Å². The first kappa shape index (κ1) is 28.0. The zero-order valence-corrected chi connectivity index (χ0v) is 22.9. The van der Waals surface area contributed by atoms with Crippen molar-refractivity contribution in [3.05, 3.63) is 62.5 Å². The topological polar surface area (TPSA) is 192 Å². The van der Waals surface area contributed by atoms with Crippen molar-refractivity contribution in [3.8, 4) is 0 Å². The van der Waals surface area contributed by atoms with E-state index in [2.05, 4.69) is 20.8 Å². The van der Waals surface area contributed by atoms with Gasteiger partial charge in [0.25, 0.3) is 17.5 Å². The average Bonchev–Trinajstić information content (AvgIpc) is 3.70. The average molecular weight is 603 g/mol. The number of nitro groups is 1. The van der Waals surface area contributed by atoms with Crippen LogP contribution in [0.2, 0.25) is 0 Å². The van der Waals surface area contributed by atoms with Crippen molar-refractivity contribution < 1.29 is 38.4 Å². The number of aromatic nitrogens is 1. The van der Waals surface area contributed by atoms with E-state index in [9.17, 15) is 29.3 Å². The fourth-order valence-corrected chi connectivity index (χ4v) is 5.85. The van der Waals surface area contributed by atoms with Gasteiger partial charge in [-0.3, -0.25) is 29.4 Å². The summed E-state index contributed by atoms with van der Waals surface area (Å²) >= 11 is 2.38. The Morgan fingerprint density at radius 2 is 2.05 bits per heavy atom. The fourth-order valence-electron chi connectivity index (χ4n) is 3.88. The molecular weight excluding hydrogens is 580 g/mol. The summed E-state index contributed by atoms with van der Waals surface area (Å²) in [6, 6.07) is 4.52. The molecule has 1 saturated heterocycles. The van der Waals surface area contributed by atoms with E-state index in [0.717, 1.165) is 24.2 Å². The van der Waals surface area contributed by atoms with Gasteiger partial charge in [-0.05, 0) is 30.5 Å². The van der Waals surface area contributed by atoms with E-state index in [4.69, 9.17) is 14.3 Å². The largest absolute Gasteiger partial charge is 0.498 e. The zero-order valence-electron chi connectivity index (χ0n) is 21.3. The normalized spacial score (nSPS) is 20.0. The standard InChI is InChI=1S/C24H22N6O9S2/c1-37-16-10-40-22-18(27-20(32)17(28-39-14-6-7-14)15-9-41-24(26-15)25-11-31)21(33)29(22)19(16)23(34)38-8-12-2-4-13(5-3-12)30(35)36/h2-5,9,11,14,18,22H,6-8,10H2,1H3,(H,27,32)(H,25,26,31)/t18-,22+/m1/s1. The predicted molar refractivity (Wildman–Crippen MR) is 144 cm³/mol. The molecule has 1 aliphatic carbocycles. The molecule has 2 fully saturated rings. The summed E-state index contributed by atoms with van der Waals surface area (Å²) < 4.78 is 10.7. The lowest BCUT2D eigenvalue weighted by Crippen LogP contribution is -2.71. The number of methoxy groups -OCH3 is 1. The summed E-state index contributed by atoms with van der Waals surface area (Å²) in [5, 5.41) is 21.0. The second-order valence-corrected chi connectivity index (χ2v) is 10.8. The molecule has 41 heavy (non-hydrogen) atoms. The highest BCUT2D eigenvalue weighted by Gasteiger charge is 2.55. The first-order valence-corrected chi connectivity index (χ1v) is 14.1. The number of non-ortho nitro benzene ring substituents is 1. The number of carbonyl (C=O) groups excluding carboxylic acids is 4. The number of carbonyl (C=O) groups is 4. The first-order chi connectivity index (χ1) is 19.8. The minimum atomic E-state index is -0.985. The summed E-state index contributed by atoms with van der Waals surface area (Å²) in [5.41, 5.74) is 0.336. The molecule has 3 aliphatic rings. The molecule has 2 N–H and O–H groups in total. The third-order valence-electron chi connectivity index (χ3n) is 6.14. The number of hydrogen-bond acceptors (Lipinski definition) is 13. The lowest BCUT2D eigenvalue weighted by atomic mass is 10.0. The highest BCUT2D eigenvalue weighted by molar-refractivity contribution is 8.00. The number of hydrogen-bond donors (Lipinski definition) is 2. The smallest absolute Gasteiger partial charge is 0.358 e. The van der Waals surface area contributed by atoms with Crippen LogP contribution in [0.4, 0.5) is 10.8 Å². The van der Waals surface area contributed by atoms with Crippen molar-refractivity contribution in [1.29, 1.82) is 0 Å². The van der Waals surface area contributed by atoms with E-state index in [1.54, 1.807) is 0 Å². The van der Waals surface area contributed by atoms with Crippen LogP contribution in [0.15, 0.2) is 46.3 Å². The number of nitrogens with one attached hydrogen (secondary N) is 2. The van der Waals surface area contributed by atoms with Gasteiger partial charge in [0, 0.05) is 17.5 Å². The Morgan fingerprint density at radius 3 is 2.71 bits per heavy atom. The lowest BCUT2D eigenvalue weighted by Gasteiger charge is -2.49. The van der Waals surface area contributed by atoms with Crippen molar-refractivity contribution in [2.45, 2.75) is 37.0 Å². The maximum absolute atomic E-state index is 13.2. The molecule has 2 aromatic rings. The monoisotopic (exact) mass is 602 g/mol. The molecule has 0 spiro atoms. The van der Waals surface area contributed by atoms with E-state index in [1.165, 1.54) is 53.4 Å². The van der Waals surface area contributed by atoms with Crippen molar-refractivity contribution in [3.63, 3.8) is 0 Å². The highest BCUT2D eigenvalue weighted by atomic mass is 32.2. The second kappa shape index (κ2) is 11.9. The van der Waals surface area contributed by atoms with Crippen molar-refractivity contribution in [1.82, 2.24) is 15.2 Å². The minimum absolute atomic E-state index is 0.0799. The zero-order chi connectivity index (χ0) is 29.1. The molecule has 1 saturated carbocycles. The molecule has 0 unspecified atom stereocenters. The van der Waals surface area contributed by atoms with E-state index >= 15 is 0 Å². The van der Waals surface area contributed by atoms with Crippen molar-refractivity contribution >= 4 is 63.8 Å². The molecule has 3 heterocycles. The number of benzene rings is 1. The van der Waals surface area contributed by atoms with Gasteiger partial charge >= 0.3 is 5.97 Å². The Balaban J connectivity index is 1.27. The maximum atomic E-state index is 13.2. The molecule has 3 amide bonds. The number of thioether (sulfide) groups is 1. The fraction of sp³-hybridized carbons (Fsp3) is 0.333. The van der Waals surface area contributed by atoms with Crippen LogP contribution >= 0.6 is 23.1 Å². The molecule has 2 atom stereocenters. The van der Waals surface area contributed by atoms with Crippen LogP contribution in [-0.4, -0.2) is 75.1 Å². The summed E-state index contributed by atoms with van der Waals surface area (Å²) in [6.07, 6.45) is 1.97. The second-order valence-electron chi connectivity index (χ2n) is 8.88. The van der Waals surface area contributed by atoms with Gasteiger partial charge in [-0.2, -0.15) is 0 Å². The van der Waals surface area contributed by atoms with E-state index < -0.39 is 34.1 Å². The number of amides is 3. The first-order valence-electron chi connectivity index (χ1n) is 12.1. The van der Waals surface area contributed by atoms with Gasteiger partial charge in [-0.25, -0.2) is 9.78 Å². The SMILES string of the molecule is COC1=C(C(=O)OCc2ccc([N+](=O)[O-])cc2)N2C(=O)[C@@H](NC(=O)C(=NOC3CC3)c3csc(NC=O)n3)[C@@H]2SC1. The van der Waals surface area contributed by atoms with E-state index in [0.29, 0.717) is 12.0 Å². The molecule has 15 nitrogen and oxygen atoms in total. The van der Waals surface area contributed by atoms with Crippen LogP contribution in [0.25, 0.3) is 0 Å². The van der Waals surface area contributed by atoms with Crippen LogP contribution in [0, 0.1) is 10.1 Å². The number of ether oxygens (including phenoxy) is 2. The van der Waals surface area contributed by atoms with Gasteiger partial charge in [0.1, 0.15) is 35.6 Å². The van der Waals surface area contributed by atoms with Crippen LogP contribution in [0.3, 0.4) is 0 Å². The molecule has 2 aliphatic heterocycles. The number of anilines is 1. The number of esters is 1. The minimum Gasteiger partial charge on any atom is -0.498 e. The molecule has 5 rings (SSSR count). The van der Waals surface area contributed by atoms with Crippen LogP contribution < -0.4 is 10.6 Å². The predicted octanol–water partition coefficient (Wildman–Crippen LogP) is 1.50. The van der Waals surface area contributed by atoms with Gasteiger partial charge in [0.05, 0.1) is 17.8 Å². The summed E-state index contributed by atoms with van der Waals surface area (Å²) in [7, 11) is 1.37. The summed E-state index contributed by atoms with van der Waals surface area (Å²) in [5.74, 6) is -1.62. The lowest BCUT2D eigenvalue weighted by molar-refractivity contribution is -0.384. The molecular formula is C24H22N6O9S2. The Bertz CT molecular complexity index is 1450. The number of oxime groups is 1. The number of fused-ring (bicyclic) bond motifs is 1. The maximum Gasteiger partial charge on any atom is 0.358 e. The molecule has 214 valence electrons. The number of nitrogens with zero attached hydrogens (tertiary/aromatic N) is 4. The Kier molecular flexibility index (Phi) is 8.16. The van der Waals surface area contributed by atoms with Gasteiger partial charge in [0.15, 0.2) is 16.5 Å². The van der Waals surface area contributed by atoms with Gasteiger partial charge in [0.2, 0.25) is 6.41 Å². The van der Waals surface area contributed by atoms with Crippen molar-refractivity contribution in [2.24, 2.45) is 5.16 Å². The Morgan fingerprint density at radius 1 is 1.29 bits per heavy atom. The molecule has 1 aromatic heterocycles. The number of β-lactam (4-membered cyclic amide) rings is 1. The number of thiazole rings is 1. The van der Waals surface area contributed by atoms with E-state index in [1.807, 2.05) is 0 Å². The van der Waals surface area contributed by atoms with Crippen LogP contribution in [0.1, 0.15) is 24.1 Å². The quantitative estimate of drug-likeness (QED) is 0.0893. The van der Waals surface area contributed by atoms with Gasteiger partial charge < -0.3 is 24.9 Å². The third-order valence-corrected chi connectivity index (χ3v) is 8.17. The van der Waals surface area contributed by atoms with Crippen LogP contribution in [0.5, 0.6) is 0 Å². The Hall–Kier alpha value is -4.51. The molecule has 1 aromatic carbocycles. The molecule has 17 heteroatoms. The van der Waals surface area contributed by atoms with Crippen LogP contribution in [-0.2, 0) is 40.1 Å².